The molecule has 0 aliphatic rings. The van der Waals surface area contributed by atoms with Crippen LogP contribution in [0.1, 0.15) is 46.7 Å². The summed E-state index contributed by atoms with van der Waals surface area (Å²) < 4.78 is 1.91. The summed E-state index contributed by atoms with van der Waals surface area (Å²) in [5.41, 5.74) is 9.96. The predicted molar refractivity (Wildman–Crippen MR) is 137 cm³/mol. The maximum Gasteiger partial charge on any atom is 0.251 e. The molecule has 0 spiro atoms. The normalized spacial score (nSPS) is 12.0. The molecule has 32 heavy (non-hydrogen) atoms. The standard InChI is InChI=1S/C22H33N7O2.HI/c1-6-24-22(27-14(2)11-19-15(3)28-29(5)16(19)4)26-12-17-7-9-18(10-8-17)21(31)25-13-20(23)30;/h7-10,14H,6,11-13H2,1-5H3,(H2,23,30)(H,25,31)(H2,24,26,27);1H. The molecule has 0 aliphatic heterocycles. The molecule has 0 fully saturated rings. The van der Waals surface area contributed by atoms with Gasteiger partial charge in [-0.25, -0.2) is 4.99 Å². The molecule has 1 unspecified atom stereocenters. The van der Waals surface area contributed by atoms with Gasteiger partial charge in [-0.05, 0) is 57.4 Å². The first-order valence-corrected chi connectivity index (χ1v) is 10.4. The fourth-order valence-electron chi connectivity index (χ4n) is 3.22. The van der Waals surface area contributed by atoms with Crippen LogP contribution in [-0.4, -0.2) is 46.7 Å². The number of hydrogen-bond acceptors (Lipinski definition) is 4. The lowest BCUT2D eigenvalue weighted by Gasteiger charge is -2.18. The molecule has 176 valence electrons. The zero-order chi connectivity index (χ0) is 23.0. The van der Waals surface area contributed by atoms with Crippen molar-refractivity contribution in [1.29, 1.82) is 0 Å². The number of halogens is 1. The van der Waals surface area contributed by atoms with Crippen molar-refractivity contribution in [2.24, 2.45) is 17.8 Å². The van der Waals surface area contributed by atoms with Crippen LogP contribution in [0.15, 0.2) is 29.3 Å². The summed E-state index contributed by atoms with van der Waals surface area (Å²) in [6, 6.07) is 7.28. The van der Waals surface area contributed by atoms with Gasteiger partial charge in [-0.1, -0.05) is 12.1 Å². The number of nitrogens with one attached hydrogen (secondary N) is 3. The lowest BCUT2D eigenvalue weighted by molar-refractivity contribution is -0.117. The SMILES string of the molecule is CCNC(=NCc1ccc(C(=O)NCC(N)=O)cc1)NC(C)Cc1c(C)nn(C)c1C.I. The minimum atomic E-state index is -0.578. The zero-order valence-electron chi connectivity index (χ0n) is 19.4. The van der Waals surface area contributed by atoms with Crippen molar-refractivity contribution in [3.8, 4) is 0 Å². The number of carbonyl (C=O) groups excluding carboxylic acids is 2. The Balaban J connectivity index is 0.00000512. The fraction of sp³-hybridized carbons (Fsp3) is 0.455. The van der Waals surface area contributed by atoms with Crippen molar-refractivity contribution in [3.05, 3.63) is 52.3 Å². The Morgan fingerprint density at radius 1 is 1.19 bits per heavy atom. The van der Waals surface area contributed by atoms with E-state index >= 15 is 0 Å². The third-order valence-corrected chi connectivity index (χ3v) is 4.96. The zero-order valence-corrected chi connectivity index (χ0v) is 21.7. The number of nitrogens with two attached hydrogens (primary N) is 1. The van der Waals surface area contributed by atoms with E-state index in [4.69, 9.17) is 5.73 Å². The molecular formula is C22H34IN7O2. The molecule has 2 amide bonds. The second-order valence-corrected chi connectivity index (χ2v) is 7.56. The van der Waals surface area contributed by atoms with E-state index in [1.165, 1.54) is 11.3 Å². The smallest absolute Gasteiger partial charge is 0.251 e. The van der Waals surface area contributed by atoms with Crippen molar-refractivity contribution in [2.45, 2.75) is 46.7 Å². The number of rotatable bonds is 9. The molecule has 1 atom stereocenters. The van der Waals surface area contributed by atoms with Crippen LogP contribution in [0, 0.1) is 13.8 Å². The molecular weight excluding hydrogens is 521 g/mol. The lowest BCUT2D eigenvalue weighted by Crippen LogP contribution is -2.43. The number of primary amides is 1. The predicted octanol–water partition coefficient (Wildman–Crippen LogP) is 1.56. The first-order valence-electron chi connectivity index (χ1n) is 10.4. The van der Waals surface area contributed by atoms with Gasteiger partial charge in [0.15, 0.2) is 5.96 Å². The number of hydrogen-bond donors (Lipinski definition) is 4. The Labute approximate surface area is 206 Å². The van der Waals surface area contributed by atoms with Crippen LogP contribution in [-0.2, 0) is 24.8 Å². The monoisotopic (exact) mass is 555 g/mol. The number of aryl methyl sites for hydroxylation is 2. The van der Waals surface area contributed by atoms with Crippen LogP contribution in [0.4, 0.5) is 0 Å². The number of aliphatic imine (C=N–C) groups is 1. The van der Waals surface area contributed by atoms with Gasteiger partial charge >= 0.3 is 0 Å². The van der Waals surface area contributed by atoms with E-state index < -0.39 is 5.91 Å². The molecule has 0 saturated carbocycles. The molecule has 5 N–H and O–H groups in total. The molecule has 2 aromatic rings. The van der Waals surface area contributed by atoms with Crippen molar-refractivity contribution in [3.63, 3.8) is 0 Å². The molecule has 1 aromatic carbocycles. The summed E-state index contributed by atoms with van der Waals surface area (Å²) in [6.07, 6.45) is 0.852. The van der Waals surface area contributed by atoms with Gasteiger partial charge in [0, 0.05) is 30.9 Å². The summed E-state index contributed by atoms with van der Waals surface area (Å²) in [7, 11) is 1.96. The van der Waals surface area contributed by atoms with Gasteiger partial charge in [0.1, 0.15) is 0 Å². The quantitative estimate of drug-likeness (QED) is 0.212. The third-order valence-electron chi connectivity index (χ3n) is 4.96. The number of carbonyl (C=O) groups is 2. The highest BCUT2D eigenvalue weighted by molar-refractivity contribution is 14.0. The number of aromatic nitrogens is 2. The molecule has 9 nitrogen and oxygen atoms in total. The van der Waals surface area contributed by atoms with Crippen LogP contribution in [0.5, 0.6) is 0 Å². The molecule has 0 radical (unpaired) electrons. The first-order chi connectivity index (χ1) is 14.7. The van der Waals surface area contributed by atoms with Gasteiger partial charge in [-0.2, -0.15) is 5.10 Å². The van der Waals surface area contributed by atoms with Gasteiger partial charge in [0.05, 0.1) is 18.8 Å². The summed E-state index contributed by atoms with van der Waals surface area (Å²) in [6.45, 7) is 9.30. The molecule has 0 saturated heterocycles. The largest absolute Gasteiger partial charge is 0.368 e. The topological polar surface area (TPSA) is 126 Å². The van der Waals surface area contributed by atoms with Gasteiger partial charge in [0.25, 0.3) is 5.91 Å². The summed E-state index contributed by atoms with van der Waals surface area (Å²) >= 11 is 0. The van der Waals surface area contributed by atoms with Crippen LogP contribution >= 0.6 is 24.0 Å². The van der Waals surface area contributed by atoms with Crippen LogP contribution in [0.25, 0.3) is 0 Å². The maximum atomic E-state index is 12.0. The van der Waals surface area contributed by atoms with E-state index in [1.807, 2.05) is 37.7 Å². The highest BCUT2D eigenvalue weighted by Gasteiger charge is 2.14. The highest BCUT2D eigenvalue weighted by atomic mass is 127. The molecule has 0 aliphatic carbocycles. The van der Waals surface area contributed by atoms with Crippen molar-refractivity contribution >= 4 is 41.8 Å². The van der Waals surface area contributed by atoms with E-state index in [9.17, 15) is 9.59 Å². The van der Waals surface area contributed by atoms with Crippen LogP contribution < -0.4 is 21.7 Å². The minimum absolute atomic E-state index is 0. The van der Waals surface area contributed by atoms with Gasteiger partial charge in [-0.15, -0.1) is 24.0 Å². The molecule has 1 aromatic heterocycles. The van der Waals surface area contributed by atoms with Crippen LogP contribution in [0.2, 0.25) is 0 Å². The Morgan fingerprint density at radius 2 is 1.84 bits per heavy atom. The first kappa shape index (κ1) is 27.4. The Morgan fingerprint density at radius 3 is 2.38 bits per heavy atom. The Bertz CT molecular complexity index is 939. The van der Waals surface area contributed by atoms with E-state index in [0.717, 1.165) is 30.2 Å². The van der Waals surface area contributed by atoms with E-state index in [0.29, 0.717) is 12.1 Å². The molecule has 10 heteroatoms. The summed E-state index contributed by atoms with van der Waals surface area (Å²) in [5, 5.41) is 13.7. The number of nitrogens with zero attached hydrogens (tertiary/aromatic N) is 3. The second-order valence-electron chi connectivity index (χ2n) is 7.56. The average Bonchev–Trinajstić information content (AvgIpc) is 2.96. The molecule has 0 bridgehead atoms. The van der Waals surface area contributed by atoms with Gasteiger partial charge in [0.2, 0.25) is 5.91 Å². The van der Waals surface area contributed by atoms with Gasteiger partial charge < -0.3 is 21.7 Å². The van der Waals surface area contributed by atoms with E-state index in [2.05, 4.69) is 39.9 Å². The highest BCUT2D eigenvalue weighted by Crippen LogP contribution is 2.14. The number of amides is 2. The van der Waals surface area contributed by atoms with Crippen molar-refractivity contribution in [2.75, 3.05) is 13.1 Å². The van der Waals surface area contributed by atoms with E-state index in [1.54, 1.807) is 12.1 Å². The average molecular weight is 555 g/mol. The summed E-state index contributed by atoms with van der Waals surface area (Å²) in [4.78, 5) is 27.4. The maximum absolute atomic E-state index is 12.0. The third kappa shape index (κ3) is 8.13. The summed E-state index contributed by atoms with van der Waals surface area (Å²) in [5.74, 6) is -0.179. The minimum Gasteiger partial charge on any atom is -0.368 e. The van der Waals surface area contributed by atoms with Crippen LogP contribution in [0.3, 0.4) is 0 Å². The van der Waals surface area contributed by atoms with E-state index in [-0.39, 0.29) is 42.5 Å². The molecule has 2 rings (SSSR count). The Kier molecular flexibility index (Phi) is 11.2. The number of guanidine groups is 1. The lowest BCUT2D eigenvalue weighted by atomic mass is 10.1. The molecule has 1 heterocycles. The van der Waals surface area contributed by atoms with Crippen molar-refractivity contribution < 1.29 is 9.59 Å². The second kappa shape index (κ2) is 13.0. The van der Waals surface area contributed by atoms with Crippen molar-refractivity contribution in [1.82, 2.24) is 25.7 Å². The van der Waals surface area contributed by atoms with Gasteiger partial charge in [-0.3, -0.25) is 14.3 Å². The Hall–Kier alpha value is -2.63. The fourth-order valence-corrected chi connectivity index (χ4v) is 3.22. The number of benzene rings is 1.